The number of carbonyl (C=O) groups is 1. The Balaban J connectivity index is 0.00000225. The van der Waals surface area contributed by atoms with E-state index in [1.54, 1.807) is 36.7 Å². The van der Waals surface area contributed by atoms with Gasteiger partial charge in [-0.1, -0.05) is 30.3 Å². The van der Waals surface area contributed by atoms with Crippen molar-refractivity contribution >= 4 is 11.6 Å². The van der Waals surface area contributed by atoms with Crippen LogP contribution in [0.4, 0.5) is 10.2 Å². The Morgan fingerprint density at radius 3 is 2.29 bits per heavy atom. The molecule has 0 saturated carbocycles. The van der Waals surface area contributed by atoms with E-state index in [9.17, 15) is 9.18 Å². The topological polar surface area (TPSA) is 73.8 Å². The van der Waals surface area contributed by atoms with E-state index in [2.05, 4.69) is 10.1 Å². The lowest BCUT2D eigenvalue weighted by Crippen LogP contribution is -3.00. The third-order valence-corrected chi connectivity index (χ3v) is 4.26. The summed E-state index contributed by atoms with van der Waals surface area (Å²) < 4.78 is 14.5. The minimum atomic E-state index is -0.352. The number of nitrogens with zero attached hydrogens (tertiary/aromatic N) is 3. The molecule has 0 aliphatic rings. The second-order valence-corrected chi connectivity index (χ2v) is 5.98. The van der Waals surface area contributed by atoms with Gasteiger partial charge in [-0.15, -0.1) is 0 Å². The SMILES string of the molecule is Nc1c(C(=O)c2ccc(-c3cccnc3)cc2)cnn1-c1ccc(F)cc1.[Cl-]. The molecule has 28 heavy (non-hydrogen) atoms. The van der Waals surface area contributed by atoms with E-state index in [4.69, 9.17) is 5.73 Å². The van der Waals surface area contributed by atoms with Crippen LogP contribution in [0, 0.1) is 5.82 Å². The van der Waals surface area contributed by atoms with Crippen LogP contribution in [0.2, 0.25) is 0 Å². The van der Waals surface area contributed by atoms with E-state index >= 15 is 0 Å². The first-order chi connectivity index (χ1) is 13.1. The minimum Gasteiger partial charge on any atom is -1.00 e. The van der Waals surface area contributed by atoms with Crippen LogP contribution in [0.1, 0.15) is 15.9 Å². The Kier molecular flexibility index (Phi) is 5.52. The number of hydrogen-bond acceptors (Lipinski definition) is 4. The number of rotatable bonds is 4. The third kappa shape index (κ3) is 3.63. The quantitative estimate of drug-likeness (QED) is 0.523. The fourth-order valence-corrected chi connectivity index (χ4v) is 2.82. The van der Waals surface area contributed by atoms with Gasteiger partial charge in [0.2, 0.25) is 0 Å². The average molecular weight is 394 g/mol. The molecular weight excluding hydrogens is 379 g/mol. The summed E-state index contributed by atoms with van der Waals surface area (Å²) in [6.07, 6.45) is 4.90. The van der Waals surface area contributed by atoms with Crippen LogP contribution in [0.3, 0.4) is 0 Å². The van der Waals surface area contributed by atoms with Crippen LogP contribution in [-0.2, 0) is 0 Å². The minimum absolute atomic E-state index is 0. The number of ketones is 1. The maximum absolute atomic E-state index is 13.1. The van der Waals surface area contributed by atoms with E-state index in [0.29, 0.717) is 16.8 Å². The molecule has 0 aliphatic heterocycles. The number of carbonyl (C=O) groups excluding carboxylic acids is 1. The van der Waals surface area contributed by atoms with Crippen LogP contribution in [0.5, 0.6) is 0 Å². The lowest BCUT2D eigenvalue weighted by atomic mass is 10.0. The van der Waals surface area contributed by atoms with Crippen LogP contribution in [0.25, 0.3) is 16.8 Å². The summed E-state index contributed by atoms with van der Waals surface area (Å²) in [5.74, 6) is -0.365. The van der Waals surface area contributed by atoms with Gasteiger partial charge in [0.05, 0.1) is 17.4 Å². The zero-order valence-corrected chi connectivity index (χ0v) is 15.3. The second-order valence-electron chi connectivity index (χ2n) is 5.98. The molecule has 2 aromatic carbocycles. The highest BCUT2D eigenvalue weighted by atomic mass is 35.5. The third-order valence-electron chi connectivity index (χ3n) is 4.26. The molecule has 0 amide bonds. The molecule has 2 aromatic heterocycles. The number of nitrogens with two attached hydrogens (primary N) is 1. The summed E-state index contributed by atoms with van der Waals surface area (Å²) in [4.78, 5) is 16.9. The Bertz CT molecular complexity index is 1090. The smallest absolute Gasteiger partial charge is 0.198 e. The molecule has 7 heteroatoms. The highest BCUT2D eigenvalue weighted by Gasteiger charge is 2.18. The van der Waals surface area contributed by atoms with E-state index in [-0.39, 0.29) is 29.8 Å². The Hall–Kier alpha value is -3.51. The number of benzene rings is 2. The van der Waals surface area contributed by atoms with Crippen molar-refractivity contribution in [2.75, 3.05) is 5.73 Å². The van der Waals surface area contributed by atoms with Gasteiger partial charge in [0.15, 0.2) is 5.78 Å². The number of anilines is 1. The average Bonchev–Trinajstić information content (AvgIpc) is 3.10. The van der Waals surface area contributed by atoms with Gasteiger partial charge in [-0.25, -0.2) is 9.07 Å². The molecule has 0 unspecified atom stereocenters. The molecule has 0 fully saturated rings. The van der Waals surface area contributed by atoms with Crippen molar-refractivity contribution < 1.29 is 21.6 Å². The fraction of sp³-hybridized carbons (Fsp3) is 0. The van der Waals surface area contributed by atoms with Crippen LogP contribution in [-0.4, -0.2) is 20.5 Å². The van der Waals surface area contributed by atoms with Gasteiger partial charge in [-0.05, 0) is 41.5 Å². The molecule has 0 aliphatic carbocycles. The summed E-state index contributed by atoms with van der Waals surface area (Å²) in [5.41, 5.74) is 9.44. The largest absolute Gasteiger partial charge is 1.00 e. The zero-order valence-electron chi connectivity index (χ0n) is 14.6. The first-order valence-corrected chi connectivity index (χ1v) is 8.28. The first-order valence-electron chi connectivity index (χ1n) is 8.28. The summed E-state index contributed by atoms with van der Waals surface area (Å²) in [5, 5.41) is 4.17. The van der Waals surface area contributed by atoms with Crippen molar-refractivity contribution in [3.63, 3.8) is 0 Å². The lowest BCUT2D eigenvalue weighted by Gasteiger charge is -2.06. The van der Waals surface area contributed by atoms with Gasteiger partial charge in [-0.3, -0.25) is 9.78 Å². The van der Waals surface area contributed by atoms with Crippen molar-refractivity contribution in [3.05, 3.63) is 96.2 Å². The number of aromatic nitrogens is 3. The molecule has 4 rings (SSSR count). The fourth-order valence-electron chi connectivity index (χ4n) is 2.82. The molecule has 0 bridgehead atoms. The molecule has 5 nitrogen and oxygen atoms in total. The molecule has 0 saturated heterocycles. The monoisotopic (exact) mass is 393 g/mol. The first kappa shape index (κ1) is 19.3. The van der Waals surface area contributed by atoms with Gasteiger partial charge in [0, 0.05) is 18.0 Å². The summed E-state index contributed by atoms with van der Waals surface area (Å²) in [7, 11) is 0. The summed E-state index contributed by atoms with van der Waals surface area (Å²) in [6.45, 7) is 0. The van der Waals surface area contributed by atoms with Crippen molar-refractivity contribution in [2.24, 2.45) is 0 Å². The van der Waals surface area contributed by atoms with Gasteiger partial charge in [0.25, 0.3) is 0 Å². The molecule has 0 spiro atoms. The lowest BCUT2D eigenvalue weighted by molar-refractivity contribution is -0.0000134. The predicted molar refractivity (Wildman–Crippen MR) is 101 cm³/mol. The number of hydrogen-bond donors (Lipinski definition) is 1. The maximum atomic E-state index is 13.1. The van der Waals surface area contributed by atoms with Gasteiger partial charge < -0.3 is 18.1 Å². The highest BCUT2D eigenvalue weighted by Crippen LogP contribution is 2.23. The summed E-state index contributed by atoms with van der Waals surface area (Å²) in [6, 6.07) is 16.8. The predicted octanol–water partition coefficient (Wildman–Crippen LogP) is 0.891. The number of nitrogen functional groups attached to an aromatic ring is 1. The molecule has 140 valence electrons. The van der Waals surface area contributed by atoms with E-state index < -0.39 is 0 Å². The van der Waals surface area contributed by atoms with E-state index in [1.165, 1.54) is 23.0 Å². The normalized spacial score (nSPS) is 10.3. The van der Waals surface area contributed by atoms with Crippen molar-refractivity contribution in [2.45, 2.75) is 0 Å². The van der Waals surface area contributed by atoms with E-state index in [1.807, 2.05) is 24.3 Å². The number of halogens is 2. The van der Waals surface area contributed by atoms with E-state index in [0.717, 1.165) is 11.1 Å². The van der Waals surface area contributed by atoms with Crippen molar-refractivity contribution in [1.82, 2.24) is 14.8 Å². The number of pyridine rings is 1. The molecular formula is C21H15ClFN4O-. The van der Waals surface area contributed by atoms with Crippen molar-refractivity contribution in [3.8, 4) is 16.8 Å². The molecule has 4 aromatic rings. The van der Waals surface area contributed by atoms with Crippen LogP contribution < -0.4 is 18.1 Å². The molecule has 2 N–H and O–H groups in total. The van der Waals surface area contributed by atoms with Crippen molar-refractivity contribution in [1.29, 1.82) is 0 Å². The highest BCUT2D eigenvalue weighted by molar-refractivity contribution is 6.11. The van der Waals surface area contributed by atoms with Gasteiger partial charge >= 0.3 is 0 Å². The maximum Gasteiger partial charge on any atom is 0.198 e. The summed E-state index contributed by atoms with van der Waals surface area (Å²) >= 11 is 0. The molecule has 2 heterocycles. The van der Waals surface area contributed by atoms with Crippen LogP contribution >= 0.6 is 0 Å². The second kappa shape index (κ2) is 8.02. The Morgan fingerprint density at radius 1 is 0.929 bits per heavy atom. The van der Waals surface area contributed by atoms with Gasteiger partial charge in [0.1, 0.15) is 11.6 Å². The zero-order chi connectivity index (χ0) is 18.8. The van der Waals surface area contributed by atoms with Crippen LogP contribution in [0.15, 0.2) is 79.3 Å². The molecule has 0 atom stereocenters. The van der Waals surface area contributed by atoms with Gasteiger partial charge in [-0.2, -0.15) is 5.10 Å². The Morgan fingerprint density at radius 2 is 1.64 bits per heavy atom. The standard InChI is InChI=1S/C21H15FN4O.ClH/c22-17-7-9-18(10-8-17)26-21(23)19(13-25-26)20(27)15-5-3-14(4-6-15)16-2-1-11-24-12-16;/h1-13H,23H2;1H/p-1. The molecule has 0 radical (unpaired) electrons. The Labute approximate surface area is 167 Å².